The van der Waals surface area contributed by atoms with Gasteiger partial charge >= 0.3 is 0 Å². The molecular weight excluding hydrogens is 306 g/mol. The minimum Gasteiger partial charge on any atom is -0.311 e. The lowest BCUT2D eigenvalue weighted by atomic mass is 10.1. The molecule has 5 heteroatoms. The molecule has 0 unspecified atom stereocenters. The topological polar surface area (TPSA) is 57.8 Å². The zero-order chi connectivity index (χ0) is 13.8. The molecular formula is C14H16BrN3O. The van der Waals surface area contributed by atoms with E-state index in [2.05, 4.69) is 31.2 Å². The third-order valence-corrected chi connectivity index (χ3v) is 3.65. The number of rotatable bonds is 4. The van der Waals surface area contributed by atoms with Gasteiger partial charge < -0.3 is 10.3 Å². The van der Waals surface area contributed by atoms with Gasteiger partial charge in [-0.15, -0.1) is 0 Å². The largest absolute Gasteiger partial charge is 0.311 e. The van der Waals surface area contributed by atoms with Gasteiger partial charge in [0.25, 0.3) is 5.56 Å². The van der Waals surface area contributed by atoms with Gasteiger partial charge in [0, 0.05) is 22.6 Å². The SMILES string of the molecule is CCNCc1cc(=O)[nH]c(-c2ccc(C)c(Br)c2)n1. The Balaban J connectivity index is 2.40. The number of aryl methyl sites for hydroxylation is 1. The summed E-state index contributed by atoms with van der Waals surface area (Å²) in [6.07, 6.45) is 0. The lowest BCUT2D eigenvalue weighted by Gasteiger charge is -2.06. The normalized spacial score (nSPS) is 10.7. The van der Waals surface area contributed by atoms with Crippen LogP contribution >= 0.6 is 15.9 Å². The van der Waals surface area contributed by atoms with E-state index in [1.165, 1.54) is 6.07 Å². The number of nitrogens with one attached hydrogen (secondary N) is 2. The average molecular weight is 322 g/mol. The third kappa shape index (κ3) is 3.52. The molecule has 4 nitrogen and oxygen atoms in total. The van der Waals surface area contributed by atoms with Crippen molar-refractivity contribution >= 4 is 15.9 Å². The first-order chi connectivity index (χ1) is 9.10. The summed E-state index contributed by atoms with van der Waals surface area (Å²) in [5.41, 5.74) is 2.66. The number of halogens is 1. The Bertz CT molecular complexity index is 637. The molecule has 0 aliphatic rings. The summed E-state index contributed by atoms with van der Waals surface area (Å²) in [6, 6.07) is 7.44. The van der Waals surface area contributed by atoms with Crippen LogP contribution in [0.15, 0.2) is 33.5 Å². The number of hydrogen-bond acceptors (Lipinski definition) is 3. The first kappa shape index (κ1) is 14.0. The van der Waals surface area contributed by atoms with Crippen LogP contribution in [-0.4, -0.2) is 16.5 Å². The van der Waals surface area contributed by atoms with E-state index < -0.39 is 0 Å². The fourth-order valence-corrected chi connectivity index (χ4v) is 2.11. The summed E-state index contributed by atoms with van der Waals surface area (Å²) in [5, 5.41) is 3.17. The molecule has 2 N–H and O–H groups in total. The summed E-state index contributed by atoms with van der Waals surface area (Å²) >= 11 is 3.49. The molecule has 2 aromatic rings. The van der Waals surface area contributed by atoms with Crippen LogP contribution in [0.3, 0.4) is 0 Å². The van der Waals surface area contributed by atoms with Gasteiger partial charge in [0.05, 0.1) is 5.69 Å². The van der Waals surface area contributed by atoms with Gasteiger partial charge in [0.2, 0.25) is 0 Å². The number of hydrogen-bond donors (Lipinski definition) is 2. The average Bonchev–Trinajstić information content (AvgIpc) is 2.39. The van der Waals surface area contributed by atoms with Crippen molar-refractivity contribution in [2.75, 3.05) is 6.54 Å². The van der Waals surface area contributed by atoms with Crippen LogP contribution < -0.4 is 10.9 Å². The summed E-state index contributed by atoms with van der Waals surface area (Å²) in [6.45, 7) is 5.48. The molecule has 19 heavy (non-hydrogen) atoms. The molecule has 0 aliphatic heterocycles. The van der Waals surface area contributed by atoms with Crippen LogP contribution in [0.5, 0.6) is 0 Å². The summed E-state index contributed by atoms with van der Waals surface area (Å²) in [7, 11) is 0. The Morgan fingerprint density at radius 2 is 2.16 bits per heavy atom. The Morgan fingerprint density at radius 3 is 2.84 bits per heavy atom. The fraction of sp³-hybridized carbons (Fsp3) is 0.286. The van der Waals surface area contributed by atoms with Gasteiger partial charge in [-0.2, -0.15) is 0 Å². The summed E-state index contributed by atoms with van der Waals surface area (Å²) in [5.74, 6) is 0.598. The predicted molar refractivity (Wildman–Crippen MR) is 80.1 cm³/mol. The zero-order valence-corrected chi connectivity index (χ0v) is 12.5. The Kier molecular flexibility index (Phi) is 4.50. The van der Waals surface area contributed by atoms with E-state index in [-0.39, 0.29) is 5.56 Å². The van der Waals surface area contributed by atoms with Gasteiger partial charge in [-0.25, -0.2) is 4.98 Å². The molecule has 0 spiro atoms. The highest BCUT2D eigenvalue weighted by atomic mass is 79.9. The fourth-order valence-electron chi connectivity index (χ4n) is 1.73. The number of benzene rings is 1. The van der Waals surface area contributed by atoms with E-state index in [9.17, 15) is 4.79 Å². The lowest BCUT2D eigenvalue weighted by Crippen LogP contribution is -2.17. The first-order valence-corrected chi connectivity index (χ1v) is 6.97. The van der Waals surface area contributed by atoms with Crippen LogP contribution in [-0.2, 0) is 6.54 Å². The quantitative estimate of drug-likeness (QED) is 0.910. The summed E-state index contributed by atoms with van der Waals surface area (Å²) < 4.78 is 1.00. The third-order valence-electron chi connectivity index (χ3n) is 2.80. The number of H-pyrrole nitrogens is 1. The van der Waals surface area contributed by atoms with Crippen LogP contribution in [0.25, 0.3) is 11.4 Å². The van der Waals surface area contributed by atoms with Crippen molar-refractivity contribution in [2.45, 2.75) is 20.4 Å². The van der Waals surface area contributed by atoms with Gasteiger partial charge in [-0.05, 0) is 25.1 Å². The van der Waals surface area contributed by atoms with E-state index >= 15 is 0 Å². The van der Waals surface area contributed by atoms with Crippen LogP contribution in [0.2, 0.25) is 0 Å². The maximum atomic E-state index is 11.7. The smallest absolute Gasteiger partial charge is 0.251 e. The van der Waals surface area contributed by atoms with Crippen molar-refractivity contribution in [3.05, 3.63) is 50.3 Å². The van der Waals surface area contributed by atoms with Crippen molar-refractivity contribution in [3.63, 3.8) is 0 Å². The van der Waals surface area contributed by atoms with Crippen LogP contribution in [0.4, 0.5) is 0 Å². The molecule has 0 bridgehead atoms. The molecule has 0 amide bonds. The maximum Gasteiger partial charge on any atom is 0.251 e. The van der Waals surface area contributed by atoms with Gasteiger partial charge in [0.1, 0.15) is 5.82 Å². The molecule has 0 atom stereocenters. The van der Waals surface area contributed by atoms with Gasteiger partial charge in [-0.3, -0.25) is 4.79 Å². The molecule has 1 aromatic heterocycles. The molecule has 100 valence electrons. The molecule has 0 saturated carbocycles. The van der Waals surface area contributed by atoms with Crippen LogP contribution in [0, 0.1) is 6.92 Å². The highest BCUT2D eigenvalue weighted by molar-refractivity contribution is 9.10. The second-order valence-corrected chi connectivity index (χ2v) is 5.18. The molecule has 0 aliphatic carbocycles. The second kappa shape index (κ2) is 6.12. The van der Waals surface area contributed by atoms with Crippen molar-refractivity contribution < 1.29 is 0 Å². The van der Waals surface area contributed by atoms with Crippen molar-refractivity contribution in [2.24, 2.45) is 0 Å². The number of nitrogens with zero attached hydrogens (tertiary/aromatic N) is 1. The van der Waals surface area contributed by atoms with E-state index in [1.807, 2.05) is 32.0 Å². The van der Waals surface area contributed by atoms with E-state index in [0.717, 1.165) is 27.8 Å². The molecule has 0 radical (unpaired) electrons. The van der Waals surface area contributed by atoms with Gasteiger partial charge in [0.15, 0.2) is 0 Å². The van der Waals surface area contributed by atoms with Crippen molar-refractivity contribution in [1.82, 2.24) is 15.3 Å². The minimum absolute atomic E-state index is 0.130. The molecule has 1 heterocycles. The second-order valence-electron chi connectivity index (χ2n) is 4.33. The highest BCUT2D eigenvalue weighted by Crippen LogP contribution is 2.22. The molecule has 1 aromatic carbocycles. The van der Waals surface area contributed by atoms with Gasteiger partial charge in [-0.1, -0.05) is 35.0 Å². The van der Waals surface area contributed by atoms with Crippen molar-refractivity contribution in [3.8, 4) is 11.4 Å². The maximum absolute atomic E-state index is 11.7. The highest BCUT2D eigenvalue weighted by Gasteiger charge is 2.05. The summed E-state index contributed by atoms with van der Waals surface area (Å²) in [4.78, 5) is 18.9. The van der Waals surface area contributed by atoms with E-state index in [4.69, 9.17) is 0 Å². The Morgan fingerprint density at radius 1 is 1.37 bits per heavy atom. The lowest BCUT2D eigenvalue weighted by molar-refractivity contribution is 0.708. The number of aromatic nitrogens is 2. The predicted octanol–water partition coefficient (Wildman–Crippen LogP) is 2.62. The Labute approximate surface area is 120 Å². The zero-order valence-electron chi connectivity index (χ0n) is 11.0. The van der Waals surface area contributed by atoms with E-state index in [1.54, 1.807) is 0 Å². The molecule has 2 rings (SSSR count). The number of aromatic amines is 1. The Hall–Kier alpha value is -1.46. The minimum atomic E-state index is -0.130. The standard InChI is InChI=1S/C14H16BrN3O/c1-3-16-8-11-7-13(19)18-14(17-11)10-5-4-9(2)12(15)6-10/h4-7,16H,3,8H2,1-2H3,(H,17,18,19). The van der Waals surface area contributed by atoms with Crippen LogP contribution in [0.1, 0.15) is 18.2 Å². The van der Waals surface area contributed by atoms with Crippen molar-refractivity contribution in [1.29, 1.82) is 0 Å². The molecule has 0 fully saturated rings. The first-order valence-electron chi connectivity index (χ1n) is 6.17. The van der Waals surface area contributed by atoms with E-state index in [0.29, 0.717) is 12.4 Å². The molecule has 0 saturated heterocycles. The monoisotopic (exact) mass is 321 g/mol.